The van der Waals surface area contributed by atoms with Crippen molar-refractivity contribution < 1.29 is 4.79 Å². The highest BCUT2D eigenvalue weighted by atomic mass is 79.9. The Labute approximate surface area is 102 Å². The van der Waals surface area contributed by atoms with Crippen LogP contribution in [0.15, 0.2) is 40.9 Å². The van der Waals surface area contributed by atoms with Crippen molar-refractivity contribution in [2.45, 2.75) is 0 Å². The van der Waals surface area contributed by atoms with E-state index in [4.69, 9.17) is 5.73 Å². The van der Waals surface area contributed by atoms with Crippen LogP contribution in [0.4, 0.5) is 5.69 Å². The summed E-state index contributed by atoms with van der Waals surface area (Å²) in [5.74, 6) is -0.184. The third kappa shape index (κ3) is 2.40. The molecule has 0 bridgehead atoms. The molecule has 82 valence electrons. The van der Waals surface area contributed by atoms with Gasteiger partial charge in [-0.3, -0.25) is 4.79 Å². The molecule has 0 atom stereocenters. The van der Waals surface area contributed by atoms with Crippen LogP contribution in [-0.2, 0) is 4.79 Å². The normalized spacial score (nSPS) is 10.4. The molecule has 0 heterocycles. The zero-order chi connectivity index (χ0) is 11.5. The van der Waals surface area contributed by atoms with E-state index in [1.165, 1.54) is 0 Å². The molecule has 0 aromatic heterocycles. The number of fused-ring (bicyclic) bond motifs is 1. The zero-order valence-electron chi connectivity index (χ0n) is 8.53. The van der Waals surface area contributed by atoms with Gasteiger partial charge in [-0.15, -0.1) is 0 Å². The highest BCUT2D eigenvalue weighted by molar-refractivity contribution is 9.10. The molecule has 3 nitrogen and oxygen atoms in total. The van der Waals surface area contributed by atoms with Crippen LogP contribution in [0.25, 0.3) is 10.8 Å². The SMILES string of the molecule is NCC(=O)Nc1ccc2cc(Br)ccc2c1. The summed E-state index contributed by atoms with van der Waals surface area (Å²) in [6.45, 7) is -0.00161. The highest BCUT2D eigenvalue weighted by Crippen LogP contribution is 2.22. The zero-order valence-corrected chi connectivity index (χ0v) is 10.1. The van der Waals surface area contributed by atoms with E-state index in [9.17, 15) is 4.79 Å². The van der Waals surface area contributed by atoms with Crippen LogP contribution in [0, 0.1) is 0 Å². The minimum atomic E-state index is -0.184. The monoisotopic (exact) mass is 278 g/mol. The molecule has 0 fully saturated rings. The quantitative estimate of drug-likeness (QED) is 0.887. The Morgan fingerprint density at radius 1 is 1.19 bits per heavy atom. The molecule has 2 rings (SSSR count). The Morgan fingerprint density at radius 3 is 2.62 bits per heavy atom. The number of anilines is 1. The van der Waals surface area contributed by atoms with Crippen LogP contribution in [0.2, 0.25) is 0 Å². The fourth-order valence-electron chi connectivity index (χ4n) is 1.51. The summed E-state index contributed by atoms with van der Waals surface area (Å²) in [7, 11) is 0. The maximum atomic E-state index is 11.1. The summed E-state index contributed by atoms with van der Waals surface area (Å²) in [5.41, 5.74) is 6.00. The summed E-state index contributed by atoms with van der Waals surface area (Å²) in [5, 5.41) is 4.93. The Balaban J connectivity index is 2.37. The maximum absolute atomic E-state index is 11.1. The summed E-state index contributed by atoms with van der Waals surface area (Å²) in [4.78, 5) is 11.1. The molecule has 16 heavy (non-hydrogen) atoms. The molecule has 0 aliphatic rings. The van der Waals surface area contributed by atoms with E-state index in [0.717, 1.165) is 20.9 Å². The van der Waals surface area contributed by atoms with Crippen molar-refractivity contribution in [2.75, 3.05) is 11.9 Å². The van der Waals surface area contributed by atoms with E-state index >= 15 is 0 Å². The van der Waals surface area contributed by atoms with Gasteiger partial charge in [0.05, 0.1) is 6.54 Å². The number of carbonyl (C=O) groups is 1. The number of benzene rings is 2. The van der Waals surface area contributed by atoms with Gasteiger partial charge in [0.15, 0.2) is 0 Å². The van der Waals surface area contributed by atoms with Crippen molar-refractivity contribution in [1.29, 1.82) is 0 Å². The van der Waals surface area contributed by atoms with Gasteiger partial charge in [0, 0.05) is 10.2 Å². The van der Waals surface area contributed by atoms with E-state index in [0.29, 0.717) is 0 Å². The number of nitrogens with one attached hydrogen (secondary N) is 1. The smallest absolute Gasteiger partial charge is 0.238 e. The lowest BCUT2D eigenvalue weighted by molar-refractivity contribution is -0.114. The molecule has 2 aromatic carbocycles. The minimum Gasteiger partial charge on any atom is -0.325 e. The van der Waals surface area contributed by atoms with Crippen molar-refractivity contribution in [2.24, 2.45) is 5.73 Å². The second kappa shape index (κ2) is 4.63. The molecule has 0 saturated heterocycles. The third-order valence-electron chi connectivity index (χ3n) is 2.27. The molecule has 0 aliphatic carbocycles. The average molecular weight is 279 g/mol. The standard InChI is InChI=1S/C12H11BrN2O/c13-10-3-1-9-6-11(15-12(16)7-14)4-2-8(9)5-10/h1-6H,7,14H2,(H,15,16). The van der Waals surface area contributed by atoms with Crippen LogP contribution in [-0.4, -0.2) is 12.5 Å². The Kier molecular flexibility index (Phi) is 3.22. The largest absolute Gasteiger partial charge is 0.325 e. The summed E-state index contributed by atoms with van der Waals surface area (Å²) in [6.07, 6.45) is 0. The number of nitrogens with two attached hydrogens (primary N) is 1. The van der Waals surface area contributed by atoms with Gasteiger partial charge in [-0.2, -0.15) is 0 Å². The summed E-state index contributed by atoms with van der Waals surface area (Å²) < 4.78 is 1.04. The second-order valence-electron chi connectivity index (χ2n) is 3.46. The fraction of sp³-hybridized carbons (Fsp3) is 0.0833. The molecule has 0 spiro atoms. The predicted molar refractivity (Wildman–Crippen MR) is 69.3 cm³/mol. The van der Waals surface area contributed by atoms with Gasteiger partial charge in [0.1, 0.15) is 0 Å². The van der Waals surface area contributed by atoms with Gasteiger partial charge in [0.2, 0.25) is 5.91 Å². The molecule has 4 heteroatoms. The Bertz CT molecular complexity index is 540. The van der Waals surface area contributed by atoms with Gasteiger partial charge in [-0.05, 0) is 35.0 Å². The Morgan fingerprint density at radius 2 is 1.88 bits per heavy atom. The molecule has 0 radical (unpaired) electrons. The molecule has 0 saturated carbocycles. The fourth-order valence-corrected chi connectivity index (χ4v) is 1.89. The molecule has 0 unspecified atom stereocenters. The first-order valence-corrected chi connectivity index (χ1v) is 5.67. The van der Waals surface area contributed by atoms with Gasteiger partial charge in [-0.1, -0.05) is 28.1 Å². The number of hydrogen-bond acceptors (Lipinski definition) is 2. The highest BCUT2D eigenvalue weighted by Gasteiger charge is 2.00. The summed E-state index contributed by atoms with van der Waals surface area (Å²) in [6, 6.07) is 11.8. The number of halogens is 1. The third-order valence-corrected chi connectivity index (χ3v) is 2.76. The summed E-state index contributed by atoms with van der Waals surface area (Å²) >= 11 is 3.42. The average Bonchev–Trinajstić information content (AvgIpc) is 2.29. The number of hydrogen-bond donors (Lipinski definition) is 2. The van der Waals surface area contributed by atoms with Crippen LogP contribution in [0.1, 0.15) is 0 Å². The van der Waals surface area contributed by atoms with Crippen molar-refractivity contribution in [1.82, 2.24) is 0 Å². The number of amides is 1. The van der Waals surface area contributed by atoms with Gasteiger partial charge >= 0.3 is 0 Å². The lowest BCUT2D eigenvalue weighted by Crippen LogP contribution is -2.21. The first kappa shape index (κ1) is 11.1. The van der Waals surface area contributed by atoms with E-state index in [1.807, 2.05) is 36.4 Å². The number of carbonyl (C=O) groups excluding carboxylic acids is 1. The molecule has 0 aliphatic heterocycles. The predicted octanol–water partition coefficient (Wildman–Crippen LogP) is 2.50. The second-order valence-corrected chi connectivity index (χ2v) is 4.37. The van der Waals surface area contributed by atoms with Crippen molar-refractivity contribution in [3.05, 3.63) is 40.9 Å². The maximum Gasteiger partial charge on any atom is 0.238 e. The lowest BCUT2D eigenvalue weighted by atomic mass is 10.1. The minimum absolute atomic E-state index is 0.00161. The molecular formula is C12H11BrN2O. The van der Waals surface area contributed by atoms with Crippen molar-refractivity contribution >= 4 is 38.3 Å². The van der Waals surface area contributed by atoms with Gasteiger partial charge < -0.3 is 11.1 Å². The van der Waals surface area contributed by atoms with E-state index in [1.54, 1.807) is 0 Å². The van der Waals surface area contributed by atoms with Gasteiger partial charge in [-0.25, -0.2) is 0 Å². The first-order chi connectivity index (χ1) is 7.69. The van der Waals surface area contributed by atoms with Crippen LogP contribution in [0.3, 0.4) is 0 Å². The van der Waals surface area contributed by atoms with E-state index in [2.05, 4.69) is 21.2 Å². The van der Waals surface area contributed by atoms with E-state index in [-0.39, 0.29) is 12.5 Å². The molecule has 2 aromatic rings. The van der Waals surface area contributed by atoms with Crippen molar-refractivity contribution in [3.63, 3.8) is 0 Å². The van der Waals surface area contributed by atoms with Crippen LogP contribution < -0.4 is 11.1 Å². The Hall–Kier alpha value is -1.39. The topological polar surface area (TPSA) is 55.1 Å². The first-order valence-electron chi connectivity index (χ1n) is 4.88. The van der Waals surface area contributed by atoms with Crippen LogP contribution >= 0.6 is 15.9 Å². The lowest BCUT2D eigenvalue weighted by Gasteiger charge is -2.05. The van der Waals surface area contributed by atoms with Crippen LogP contribution in [0.5, 0.6) is 0 Å². The van der Waals surface area contributed by atoms with Crippen molar-refractivity contribution in [3.8, 4) is 0 Å². The van der Waals surface area contributed by atoms with E-state index < -0.39 is 0 Å². The molecular weight excluding hydrogens is 268 g/mol. The molecule has 3 N–H and O–H groups in total. The number of rotatable bonds is 2. The van der Waals surface area contributed by atoms with Gasteiger partial charge in [0.25, 0.3) is 0 Å². The molecule has 1 amide bonds.